The summed E-state index contributed by atoms with van der Waals surface area (Å²) in [5.41, 5.74) is 2.06. The lowest BCUT2D eigenvalue weighted by molar-refractivity contribution is -0.118. The molecule has 2 aromatic heterocycles. The SMILES string of the molecule is CCCCOc1ccc(CNC(=O)CSCc2nc3sc4c(c3c(=O)[nH]2)CCC4)cc1OC. The van der Waals surface area contributed by atoms with Gasteiger partial charge in [0.1, 0.15) is 10.7 Å². The minimum absolute atomic E-state index is 0.0597. The molecule has 1 aromatic carbocycles. The van der Waals surface area contributed by atoms with Crippen LogP contribution in [0.5, 0.6) is 11.5 Å². The molecule has 0 bridgehead atoms. The molecule has 2 heterocycles. The van der Waals surface area contributed by atoms with Crippen molar-refractivity contribution in [3.8, 4) is 11.5 Å². The topological polar surface area (TPSA) is 93.3 Å². The van der Waals surface area contributed by atoms with Crippen molar-refractivity contribution in [1.82, 2.24) is 15.3 Å². The molecule has 3 aromatic rings. The molecule has 1 aliphatic rings. The summed E-state index contributed by atoms with van der Waals surface area (Å²) < 4.78 is 11.2. The van der Waals surface area contributed by atoms with Gasteiger partial charge in [0.2, 0.25) is 5.91 Å². The number of rotatable bonds is 11. The summed E-state index contributed by atoms with van der Waals surface area (Å²) >= 11 is 3.06. The van der Waals surface area contributed by atoms with Crippen molar-refractivity contribution >= 4 is 39.2 Å². The molecule has 4 rings (SSSR count). The number of aromatic nitrogens is 2. The van der Waals surface area contributed by atoms with Crippen LogP contribution in [0.4, 0.5) is 0 Å². The highest BCUT2D eigenvalue weighted by Gasteiger charge is 2.21. The highest BCUT2D eigenvalue weighted by atomic mass is 32.2. The highest BCUT2D eigenvalue weighted by Crippen LogP contribution is 2.34. The fourth-order valence-corrected chi connectivity index (χ4v) is 5.88. The molecule has 0 saturated carbocycles. The maximum absolute atomic E-state index is 12.5. The van der Waals surface area contributed by atoms with Gasteiger partial charge in [0, 0.05) is 11.4 Å². The molecular weight excluding hydrogens is 458 g/mol. The standard InChI is InChI=1S/C24H29N3O4S2/c1-3-4-10-31-17-9-8-15(11-18(17)30-2)12-25-21(28)14-32-13-20-26-23(29)22-16-6-5-7-19(16)33-24(22)27-20/h8-9,11H,3-7,10,12-14H2,1-2H3,(H,25,28)(H,26,27,29). The normalized spacial score (nSPS) is 12.7. The number of benzene rings is 1. The van der Waals surface area contributed by atoms with Gasteiger partial charge in [-0.2, -0.15) is 0 Å². The van der Waals surface area contributed by atoms with Crippen LogP contribution >= 0.6 is 23.1 Å². The fourth-order valence-electron chi connectivity index (χ4n) is 3.87. The number of ether oxygens (including phenoxy) is 2. The Balaban J connectivity index is 1.26. The van der Waals surface area contributed by atoms with E-state index in [1.807, 2.05) is 18.2 Å². The summed E-state index contributed by atoms with van der Waals surface area (Å²) in [6.45, 7) is 3.18. The molecular formula is C24H29N3O4S2. The third-order valence-corrected chi connectivity index (χ3v) is 7.70. The molecule has 0 saturated heterocycles. The number of thiophene rings is 1. The van der Waals surface area contributed by atoms with E-state index >= 15 is 0 Å². The largest absolute Gasteiger partial charge is 0.493 e. The number of fused-ring (bicyclic) bond motifs is 3. The van der Waals surface area contributed by atoms with Crippen LogP contribution in [0.2, 0.25) is 0 Å². The molecule has 9 heteroatoms. The second-order valence-corrected chi connectivity index (χ2v) is 10.1. The number of nitrogens with one attached hydrogen (secondary N) is 2. The minimum Gasteiger partial charge on any atom is -0.493 e. The second kappa shape index (κ2) is 11.1. The van der Waals surface area contributed by atoms with Gasteiger partial charge in [0.05, 0.1) is 30.6 Å². The van der Waals surface area contributed by atoms with Crippen LogP contribution in [0.1, 0.15) is 48.0 Å². The third kappa shape index (κ3) is 5.70. The van der Waals surface area contributed by atoms with Crippen molar-refractivity contribution in [2.24, 2.45) is 0 Å². The monoisotopic (exact) mass is 487 g/mol. The number of thioether (sulfide) groups is 1. The van der Waals surface area contributed by atoms with Gasteiger partial charge in [0.15, 0.2) is 11.5 Å². The first-order valence-electron chi connectivity index (χ1n) is 11.3. The molecule has 176 valence electrons. The van der Waals surface area contributed by atoms with Gasteiger partial charge in [-0.05, 0) is 48.9 Å². The molecule has 0 fully saturated rings. The Labute approximate surface area is 201 Å². The number of amides is 1. The first-order valence-corrected chi connectivity index (χ1v) is 13.2. The van der Waals surface area contributed by atoms with E-state index in [2.05, 4.69) is 22.2 Å². The summed E-state index contributed by atoms with van der Waals surface area (Å²) in [6, 6.07) is 5.69. The fraction of sp³-hybridized carbons (Fsp3) is 0.458. The van der Waals surface area contributed by atoms with Crippen LogP contribution in [-0.4, -0.2) is 35.3 Å². The predicted molar refractivity (Wildman–Crippen MR) is 134 cm³/mol. The smallest absolute Gasteiger partial charge is 0.259 e. The van der Waals surface area contributed by atoms with E-state index in [-0.39, 0.29) is 17.2 Å². The zero-order chi connectivity index (χ0) is 23.2. The van der Waals surface area contributed by atoms with Gasteiger partial charge in [-0.3, -0.25) is 9.59 Å². The second-order valence-electron chi connectivity index (χ2n) is 8.01. The number of aryl methyl sites for hydroxylation is 2. The zero-order valence-corrected chi connectivity index (χ0v) is 20.6. The molecule has 0 unspecified atom stereocenters. The summed E-state index contributed by atoms with van der Waals surface area (Å²) in [5, 5.41) is 3.69. The summed E-state index contributed by atoms with van der Waals surface area (Å²) in [7, 11) is 1.61. The molecule has 1 amide bonds. The van der Waals surface area contributed by atoms with Gasteiger partial charge >= 0.3 is 0 Å². The first kappa shape index (κ1) is 23.6. The number of carbonyl (C=O) groups is 1. The van der Waals surface area contributed by atoms with Crippen molar-refractivity contribution in [3.05, 3.63) is 50.4 Å². The van der Waals surface area contributed by atoms with Crippen LogP contribution in [0.15, 0.2) is 23.0 Å². The average molecular weight is 488 g/mol. The van der Waals surface area contributed by atoms with Crippen LogP contribution < -0.4 is 20.3 Å². The van der Waals surface area contributed by atoms with Crippen molar-refractivity contribution < 1.29 is 14.3 Å². The van der Waals surface area contributed by atoms with E-state index < -0.39 is 0 Å². The highest BCUT2D eigenvalue weighted by molar-refractivity contribution is 7.99. The third-order valence-electron chi connectivity index (χ3n) is 5.57. The lowest BCUT2D eigenvalue weighted by Crippen LogP contribution is -2.24. The molecule has 1 aliphatic carbocycles. The van der Waals surface area contributed by atoms with Gasteiger partial charge in [-0.15, -0.1) is 23.1 Å². The minimum atomic E-state index is -0.0687. The van der Waals surface area contributed by atoms with Gasteiger partial charge < -0.3 is 19.8 Å². The average Bonchev–Trinajstić information content (AvgIpc) is 3.39. The lowest BCUT2D eigenvalue weighted by atomic mass is 10.2. The Morgan fingerprint density at radius 3 is 3.00 bits per heavy atom. The Hall–Kier alpha value is -2.52. The van der Waals surface area contributed by atoms with Crippen molar-refractivity contribution in [2.45, 2.75) is 51.3 Å². The lowest BCUT2D eigenvalue weighted by Gasteiger charge is -2.12. The number of carbonyl (C=O) groups excluding carboxylic acids is 1. The maximum atomic E-state index is 12.5. The Morgan fingerprint density at radius 1 is 1.30 bits per heavy atom. The van der Waals surface area contributed by atoms with Crippen LogP contribution in [0.25, 0.3) is 10.2 Å². The number of methoxy groups -OCH3 is 1. The molecule has 0 radical (unpaired) electrons. The van der Waals surface area contributed by atoms with Gasteiger partial charge in [0.25, 0.3) is 5.56 Å². The predicted octanol–water partition coefficient (Wildman–Crippen LogP) is 4.21. The molecule has 0 aliphatic heterocycles. The van der Waals surface area contributed by atoms with Crippen LogP contribution in [0.3, 0.4) is 0 Å². The Kier molecular flexibility index (Phi) is 7.93. The van der Waals surface area contributed by atoms with Gasteiger partial charge in [-0.1, -0.05) is 19.4 Å². The maximum Gasteiger partial charge on any atom is 0.259 e. The van der Waals surface area contributed by atoms with E-state index in [9.17, 15) is 9.59 Å². The molecule has 7 nitrogen and oxygen atoms in total. The quantitative estimate of drug-likeness (QED) is 0.394. The van der Waals surface area contributed by atoms with Crippen LogP contribution in [0, 0.1) is 0 Å². The Bertz CT molecular complexity index is 1190. The summed E-state index contributed by atoms with van der Waals surface area (Å²) in [6.07, 6.45) is 5.19. The summed E-state index contributed by atoms with van der Waals surface area (Å²) in [4.78, 5) is 34.5. The van der Waals surface area contributed by atoms with Crippen LogP contribution in [-0.2, 0) is 29.9 Å². The van der Waals surface area contributed by atoms with Crippen molar-refractivity contribution in [3.63, 3.8) is 0 Å². The number of unbranched alkanes of at least 4 members (excludes halogenated alkanes) is 1. The Morgan fingerprint density at radius 2 is 2.18 bits per heavy atom. The number of hydrogen-bond donors (Lipinski definition) is 2. The number of aromatic amines is 1. The zero-order valence-electron chi connectivity index (χ0n) is 19.0. The first-order chi connectivity index (χ1) is 16.1. The number of hydrogen-bond acceptors (Lipinski definition) is 7. The van der Waals surface area contributed by atoms with E-state index in [1.54, 1.807) is 18.4 Å². The molecule has 0 spiro atoms. The van der Waals surface area contributed by atoms with E-state index in [4.69, 9.17) is 9.47 Å². The van der Waals surface area contributed by atoms with Crippen molar-refractivity contribution in [1.29, 1.82) is 0 Å². The molecule has 2 N–H and O–H groups in total. The molecule has 33 heavy (non-hydrogen) atoms. The number of H-pyrrole nitrogens is 1. The van der Waals surface area contributed by atoms with E-state index in [0.717, 1.165) is 47.9 Å². The van der Waals surface area contributed by atoms with Gasteiger partial charge in [-0.25, -0.2) is 4.98 Å². The molecule has 0 atom stereocenters. The number of nitrogens with zero attached hydrogens (tertiary/aromatic N) is 1. The summed E-state index contributed by atoms with van der Waals surface area (Å²) in [5.74, 6) is 2.70. The van der Waals surface area contributed by atoms with E-state index in [1.165, 1.54) is 22.2 Å². The van der Waals surface area contributed by atoms with E-state index in [0.29, 0.717) is 36.2 Å². The van der Waals surface area contributed by atoms with Crippen molar-refractivity contribution in [2.75, 3.05) is 19.5 Å².